The Bertz CT molecular complexity index is 581. The molecule has 2 N–H and O–H groups in total. The van der Waals surface area contributed by atoms with Crippen LogP contribution in [0.25, 0.3) is 0 Å². The highest BCUT2D eigenvalue weighted by molar-refractivity contribution is 5.44. The second-order valence-electron chi connectivity index (χ2n) is 4.66. The topological polar surface area (TPSA) is 53.7 Å². The molecule has 0 bridgehead atoms. The quantitative estimate of drug-likeness (QED) is 0.907. The standard InChI is InChI=1S/C16H17NO3/c17-8-7-12-1-4-14(5-2-12)18-10-13-3-6-15-16(9-13)20-11-19-15/h1-6,9H,7-8,10-11,17H2. The minimum Gasteiger partial charge on any atom is -0.489 e. The van der Waals surface area contributed by atoms with E-state index in [2.05, 4.69) is 0 Å². The van der Waals surface area contributed by atoms with Crippen molar-refractivity contribution in [3.63, 3.8) is 0 Å². The van der Waals surface area contributed by atoms with Gasteiger partial charge in [0.1, 0.15) is 12.4 Å². The van der Waals surface area contributed by atoms with E-state index in [0.29, 0.717) is 19.9 Å². The van der Waals surface area contributed by atoms with Crippen LogP contribution in [0.4, 0.5) is 0 Å². The Morgan fingerprint density at radius 2 is 1.70 bits per heavy atom. The Morgan fingerprint density at radius 3 is 2.50 bits per heavy atom. The SMILES string of the molecule is NCCc1ccc(OCc2ccc3c(c2)OCO3)cc1. The number of rotatable bonds is 5. The first-order valence-electron chi connectivity index (χ1n) is 6.65. The molecule has 0 aliphatic carbocycles. The first-order chi connectivity index (χ1) is 9.85. The molecule has 2 aromatic carbocycles. The van der Waals surface area contributed by atoms with E-state index in [1.807, 2.05) is 42.5 Å². The normalized spacial score (nSPS) is 12.4. The monoisotopic (exact) mass is 271 g/mol. The van der Waals surface area contributed by atoms with Crippen molar-refractivity contribution in [3.05, 3.63) is 53.6 Å². The summed E-state index contributed by atoms with van der Waals surface area (Å²) in [6.45, 7) is 1.46. The van der Waals surface area contributed by atoms with Gasteiger partial charge in [-0.15, -0.1) is 0 Å². The summed E-state index contributed by atoms with van der Waals surface area (Å²) in [5, 5.41) is 0. The molecule has 1 aliphatic rings. The van der Waals surface area contributed by atoms with E-state index in [-0.39, 0.29) is 0 Å². The van der Waals surface area contributed by atoms with E-state index in [1.165, 1.54) is 5.56 Å². The lowest BCUT2D eigenvalue weighted by molar-refractivity contribution is 0.174. The van der Waals surface area contributed by atoms with Gasteiger partial charge in [0.25, 0.3) is 0 Å². The Balaban J connectivity index is 1.61. The van der Waals surface area contributed by atoms with Gasteiger partial charge >= 0.3 is 0 Å². The molecule has 0 aromatic heterocycles. The fourth-order valence-corrected chi connectivity index (χ4v) is 2.12. The van der Waals surface area contributed by atoms with Gasteiger partial charge < -0.3 is 19.9 Å². The van der Waals surface area contributed by atoms with Crippen LogP contribution < -0.4 is 19.9 Å². The second kappa shape index (κ2) is 5.84. The number of hydrogen-bond donors (Lipinski definition) is 1. The van der Waals surface area contributed by atoms with Gasteiger partial charge in [-0.2, -0.15) is 0 Å². The smallest absolute Gasteiger partial charge is 0.231 e. The van der Waals surface area contributed by atoms with Gasteiger partial charge in [-0.3, -0.25) is 0 Å². The van der Waals surface area contributed by atoms with E-state index in [9.17, 15) is 0 Å². The number of ether oxygens (including phenoxy) is 3. The van der Waals surface area contributed by atoms with E-state index in [1.54, 1.807) is 0 Å². The van der Waals surface area contributed by atoms with Gasteiger partial charge in [0, 0.05) is 0 Å². The number of nitrogens with two attached hydrogens (primary N) is 1. The molecular weight excluding hydrogens is 254 g/mol. The van der Waals surface area contributed by atoms with Crippen LogP contribution in [0.15, 0.2) is 42.5 Å². The Labute approximate surface area is 118 Å². The van der Waals surface area contributed by atoms with Crippen molar-refractivity contribution in [1.29, 1.82) is 0 Å². The Kier molecular flexibility index (Phi) is 3.74. The fourth-order valence-electron chi connectivity index (χ4n) is 2.12. The third kappa shape index (κ3) is 2.86. The molecule has 4 heteroatoms. The molecule has 3 rings (SSSR count). The molecule has 2 aromatic rings. The third-order valence-electron chi connectivity index (χ3n) is 3.20. The van der Waals surface area contributed by atoms with E-state index >= 15 is 0 Å². The zero-order valence-electron chi connectivity index (χ0n) is 11.2. The average Bonchev–Trinajstić information content (AvgIpc) is 2.94. The Morgan fingerprint density at radius 1 is 0.950 bits per heavy atom. The van der Waals surface area contributed by atoms with Gasteiger partial charge in [0.2, 0.25) is 6.79 Å². The predicted octanol–water partition coefficient (Wildman–Crippen LogP) is 2.50. The van der Waals surface area contributed by atoms with Crippen LogP contribution in [-0.4, -0.2) is 13.3 Å². The first-order valence-corrected chi connectivity index (χ1v) is 6.65. The van der Waals surface area contributed by atoms with Crippen molar-refractivity contribution in [2.45, 2.75) is 13.0 Å². The van der Waals surface area contributed by atoms with Crippen molar-refractivity contribution in [2.75, 3.05) is 13.3 Å². The van der Waals surface area contributed by atoms with Crippen molar-refractivity contribution >= 4 is 0 Å². The molecule has 20 heavy (non-hydrogen) atoms. The summed E-state index contributed by atoms with van der Waals surface area (Å²) in [5.41, 5.74) is 7.81. The average molecular weight is 271 g/mol. The summed E-state index contributed by atoms with van der Waals surface area (Å²) in [5.74, 6) is 2.42. The van der Waals surface area contributed by atoms with Crippen LogP contribution in [0.2, 0.25) is 0 Å². The zero-order chi connectivity index (χ0) is 13.8. The van der Waals surface area contributed by atoms with Gasteiger partial charge in [-0.1, -0.05) is 18.2 Å². The molecule has 0 radical (unpaired) electrons. The molecule has 0 saturated heterocycles. The van der Waals surface area contributed by atoms with Gasteiger partial charge in [-0.05, 0) is 48.4 Å². The lowest BCUT2D eigenvalue weighted by Gasteiger charge is -2.08. The first kappa shape index (κ1) is 12.8. The van der Waals surface area contributed by atoms with Gasteiger partial charge in [0.05, 0.1) is 0 Å². The highest BCUT2D eigenvalue weighted by atomic mass is 16.7. The van der Waals surface area contributed by atoms with Crippen LogP contribution >= 0.6 is 0 Å². The lowest BCUT2D eigenvalue weighted by atomic mass is 10.1. The van der Waals surface area contributed by atoms with E-state index in [0.717, 1.165) is 29.2 Å². The van der Waals surface area contributed by atoms with Crippen LogP contribution in [0.1, 0.15) is 11.1 Å². The van der Waals surface area contributed by atoms with Crippen LogP contribution in [0.5, 0.6) is 17.2 Å². The fraction of sp³-hybridized carbons (Fsp3) is 0.250. The van der Waals surface area contributed by atoms with Gasteiger partial charge in [-0.25, -0.2) is 0 Å². The summed E-state index contributed by atoms with van der Waals surface area (Å²) in [6, 6.07) is 13.9. The number of hydrogen-bond acceptors (Lipinski definition) is 4. The third-order valence-corrected chi connectivity index (χ3v) is 3.20. The minimum absolute atomic E-state index is 0.294. The molecule has 104 valence electrons. The van der Waals surface area contributed by atoms with Crippen molar-refractivity contribution in [1.82, 2.24) is 0 Å². The molecule has 0 fully saturated rings. The predicted molar refractivity (Wildman–Crippen MR) is 76.1 cm³/mol. The van der Waals surface area contributed by atoms with Crippen LogP contribution in [0.3, 0.4) is 0 Å². The van der Waals surface area contributed by atoms with Gasteiger partial charge in [0.15, 0.2) is 11.5 Å². The maximum atomic E-state index is 5.76. The van der Waals surface area contributed by atoms with Crippen molar-refractivity contribution in [2.24, 2.45) is 5.73 Å². The molecule has 0 unspecified atom stereocenters. The highest BCUT2D eigenvalue weighted by Crippen LogP contribution is 2.32. The van der Waals surface area contributed by atoms with Crippen LogP contribution in [0, 0.1) is 0 Å². The maximum Gasteiger partial charge on any atom is 0.231 e. The summed E-state index contributed by atoms with van der Waals surface area (Å²) < 4.78 is 16.4. The highest BCUT2D eigenvalue weighted by Gasteiger charge is 2.13. The molecule has 1 heterocycles. The number of benzene rings is 2. The maximum absolute atomic E-state index is 5.76. The van der Waals surface area contributed by atoms with Crippen molar-refractivity contribution < 1.29 is 14.2 Å². The second-order valence-corrected chi connectivity index (χ2v) is 4.66. The zero-order valence-corrected chi connectivity index (χ0v) is 11.2. The largest absolute Gasteiger partial charge is 0.489 e. The number of fused-ring (bicyclic) bond motifs is 1. The molecule has 0 spiro atoms. The molecule has 0 saturated carbocycles. The van der Waals surface area contributed by atoms with Crippen LogP contribution in [-0.2, 0) is 13.0 Å². The molecule has 0 amide bonds. The van der Waals surface area contributed by atoms with E-state index in [4.69, 9.17) is 19.9 Å². The molecule has 1 aliphatic heterocycles. The summed E-state index contributed by atoms with van der Waals surface area (Å²) in [7, 11) is 0. The summed E-state index contributed by atoms with van der Waals surface area (Å²) >= 11 is 0. The molecule has 4 nitrogen and oxygen atoms in total. The lowest BCUT2D eigenvalue weighted by Crippen LogP contribution is -2.02. The summed E-state index contributed by atoms with van der Waals surface area (Å²) in [4.78, 5) is 0. The van der Waals surface area contributed by atoms with Crippen molar-refractivity contribution in [3.8, 4) is 17.2 Å². The Hall–Kier alpha value is -2.20. The summed E-state index contributed by atoms with van der Waals surface area (Å²) in [6.07, 6.45) is 0.891. The molecular formula is C16H17NO3. The van der Waals surface area contributed by atoms with E-state index < -0.39 is 0 Å². The molecule has 0 atom stereocenters. The minimum atomic E-state index is 0.294.